The highest BCUT2D eigenvalue weighted by molar-refractivity contribution is 6.40. The van der Waals surface area contributed by atoms with Crippen molar-refractivity contribution in [2.45, 2.75) is 113 Å². The predicted octanol–water partition coefficient (Wildman–Crippen LogP) is 12.0. The average molecular weight is 1380 g/mol. The first kappa shape index (κ1) is 73.1. The normalized spacial score (nSPS) is 17.0. The lowest BCUT2D eigenvalue weighted by Gasteiger charge is -2.20. The maximum absolute atomic E-state index is 11.1. The second kappa shape index (κ2) is 32.2. The molecule has 4 saturated carbocycles. The fraction of sp³-hybridized carbons (Fsp3) is 0.353. The number of aromatic nitrogens is 2. The Morgan fingerprint density at radius 3 is 1.17 bits per heavy atom. The van der Waals surface area contributed by atoms with Crippen LogP contribution in [-0.4, -0.2) is 109 Å². The number of carboxylic acids is 2. The molecule has 6 aromatic carbocycles. The van der Waals surface area contributed by atoms with Crippen molar-refractivity contribution in [3.05, 3.63) is 207 Å². The lowest BCUT2D eigenvalue weighted by Crippen LogP contribution is -2.78. The van der Waals surface area contributed by atoms with Crippen molar-refractivity contribution in [1.82, 2.24) is 10.3 Å². The SMILES string of the molecule is C.C.NC(CO)(CO)CO.O=C(O)c1ccc(C2CC2c2ccc(OCc3c(-c4c(Cl)cccc4Cl)noc3C3CC3)cc2Cl)cc1.O=C([O-])c1ccc(C2CC2c2ccc(OCc3c(-c4c(Cl)cccc4Cl)noc3C3CC3)cc2Cl)cc1.[NH3+]C(CO)(CO)CO. The lowest BCUT2D eigenvalue weighted by molar-refractivity contribution is -0.494. The van der Waals surface area contributed by atoms with E-state index in [9.17, 15) is 14.7 Å². The third kappa shape index (κ3) is 17.7. The van der Waals surface area contributed by atoms with E-state index in [1.165, 1.54) is 0 Å². The maximum atomic E-state index is 11.1. The summed E-state index contributed by atoms with van der Waals surface area (Å²) in [5, 5.41) is 82.3. The zero-order valence-corrected chi connectivity index (χ0v) is 52.9. The summed E-state index contributed by atoms with van der Waals surface area (Å²) < 4.78 is 23.8. The number of hydrogen-bond donors (Lipinski definition) is 9. The Bertz CT molecular complexity index is 3490. The van der Waals surface area contributed by atoms with Crippen LogP contribution in [0.2, 0.25) is 30.1 Å². The number of carboxylic acid groups (broad SMARTS) is 2. The maximum Gasteiger partial charge on any atom is 0.335 e. The van der Waals surface area contributed by atoms with Crippen molar-refractivity contribution in [1.29, 1.82) is 0 Å². The minimum absolute atomic E-state index is 0. The van der Waals surface area contributed by atoms with Crippen LogP contribution < -0.4 is 26.0 Å². The number of aromatic carboxylic acids is 2. The van der Waals surface area contributed by atoms with Gasteiger partial charge in [-0.25, -0.2) is 4.79 Å². The summed E-state index contributed by atoms with van der Waals surface area (Å²) >= 11 is 39.2. The van der Waals surface area contributed by atoms with E-state index >= 15 is 0 Å². The van der Waals surface area contributed by atoms with Crippen LogP contribution >= 0.6 is 69.6 Å². The molecule has 492 valence electrons. The van der Waals surface area contributed by atoms with Crippen molar-refractivity contribution in [2.75, 3.05) is 39.6 Å². The molecule has 0 saturated heterocycles. The molecule has 4 aliphatic rings. The van der Waals surface area contributed by atoms with E-state index in [4.69, 9.17) is 130 Å². The zero-order valence-electron chi connectivity index (χ0n) is 48.3. The van der Waals surface area contributed by atoms with Crippen molar-refractivity contribution in [3.8, 4) is 34.0 Å². The molecule has 0 spiro atoms. The predicted molar refractivity (Wildman–Crippen MR) is 352 cm³/mol. The minimum atomic E-state index is -1.21. The first-order valence-electron chi connectivity index (χ1n) is 28.8. The first-order chi connectivity index (χ1) is 43.2. The molecule has 2 aromatic heterocycles. The summed E-state index contributed by atoms with van der Waals surface area (Å²) in [4.78, 5) is 22.1. The summed E-state index contributed by atoms with van der Waals surface area (Å²) in [6, 6.07) is 36.2. The molecule has 4 atom stereocenters. The number of hydrogen-bond acceptors (Lipinski definition) is 16. The number of quaternary nitrogens is 1. The number of benzene rings is 6. The molecule has 12 rings (SSSR count). The molecule has 0 bridgehead atoms. The van der Waals surface area contributed by atoms with Crippen LogP contribution in [0.5, 0.6) is 11.5 Å². The lowest BCUT2D eigenvalue weighted by atomic mass is 10.0. The topological polar surface area (TPSA) is 323 Å². The Morgan fingerprint density at radius 1 is 0.533 bits per heavy atom. The number of carbonyl (C=O) groups is 2. The Balaban J connectivity index is 0.000000208. The van der Waals surface area contributed by atoms with Crippen molar-refractivity contribution < 1.29 is 74.7 Å². The van der Waals surface area contributed by atoms with Crippen LogP contribution in [0.4, 0.5) is 0 Å². The number of carbonyl (C=O) groups excluding carboxylic acids is 1. The summed E-state index contributed by atoms with van der Waals surface area (Å²) in [6.45, 7) is -1.58. The molecule has 2 heterocycles. The van der Waals surface area contributed by atoms with Gasteiger partial charge in [0, 0.05) is 33.0 Å². The Morgan fingerprint density at radius 2 is 0.891 bits per heavy atom. The number of nitrogens with two attached hydrogens (primary N) is 1. The summed E-state index contributed by atoms with van der Waals surface area (Å²) in [7, 11) is 0. The first-order valence-corrected chi connectivity index (χ1v) is 31.1. The third-order valence-corrected chi connectivity index (χ3v) is 18.0. The standard InChI is InChI=1S/2C29H22Cl3NO4.2C4H11NO3.2CH4/c2*30-23-2-1-3-24(31)26(23)27-22(28(37-33-27)16-6-7-16)14-36-18-10-11-19(25(32)12-18)21-13-20(21)15-4-8-17(9-5-15)29(34)35;2*5-4(1-6,2-7)3-8;;/h2*1-5,8-12,16,20-21H,6-7,13-14H2,(H,34,35);2*6-8H,1-3,5H2;2*1H4. The van der Waals surface area contributed by atoms with Crippen molar-refractivity contribution >= 4 is 81.5 Å². The van der Waals surface area contributed by atoms with E-state index in [1.807, 2.05) is 60.7 Å². The molecule has 0 aliphatic heterocycles. The van der Waals surface area contributed by atoms with E-state index < -0.39 is 42.8 Å². The van der Waals surface area contributed by atoms with Crippen LogP contribution in [-0.2, 0) is 13.2 Å². The third-order valence-electron chi connectivity index (χ3n) is 16.1. The van der Waals surface area contributed by atoms with Gasteiger partial charge in [0.2, 0.25) is 0 Å². The van der Waals surface area contributed by atoms with Crippen molar-refractivity contribution in [2.24, 2.45) is 5.73 Å². The molecule has 8 aromatic rings. The molecule has 18 nitrogen and oxygen atoms in total. The molecule has 92 heavy (non-hydrogen) atoms. The molecule has 4 aliphatic carbocycles. The van der Waals surface area contributed by atoms with Crippen molar-refractivity contribution in [3.63, 3.8) is 0 Å². The average Bonchev–Trinajstić information content (AvgIpc) is 1.76. The number of aliphatic hydroxyl groups is 6. The number of ether oxygens (including phenoxy) is 2. The second-order valence-electron chi connectivity index (χ2n) is 23.0. The van der Waals surface area contributed by atoms with Gasteiger partial charge in [-0.2, -0.15) is 0 Å². The number of aliphatic hydroxyl groups excluding tert-OH is 6. The van der Waals surface area contributed by atoms with Gasteiger partial charge in [0.1, 0.15) is 67.4 Å². The number of nitrogens with zero attached hydrogens (tertiary/aromatic N) is 2. The highest BCUT2D eigenvalue weighted by atomic mass is 35.5. The highest BCUT2D eigenvalue weighted by Gasteiger charge is 2.42. The molecule has 4 unspecified atom stereocenters. The van der Waals surface area contributed by atoms with Crippen LogP contribution in [0.3, 0.4) is 0 Å². The van der Waals surface area contributed by atoms with E-state index in [0.29, 0.717) is 93.7 Å². The summed E-state index contributed by atoms with van der Waals surface area (Å²) in [5.41, 5.74) is 15.3. The molecular formula is C68H74Cl6N4O14. The van der Waals surface area contributed by atoms with Gasteiger partial charge >= 0.3 is 5.97 Å². The van der Waals surface area contributed by atoms with Gasteiger partial charge < -0.3 is 75.6 Å². The molecule has 12 N–H and O–H groups in total. The fourth-order valence-corrected chi connectivity index (χ4v) is 11.8. The summed E-state index contributed by atoms with van der Waals surface area (Å²) in [6.07, 6.45) is 6.14. The van der Waals surface area contributed by atoms with Crippen LogP contribution in [0.25, 0.3) is 22.5 Å². The molecule has 0 radical (unpaired) electrons. The van der Waals surface area contributed by atoms with Crippen LogP contribution in [0, 0.1) is 0 Å². The minimum Gasteiger partial charge on any atom is -0.545 e. The molecule has 4 fully saturated rings. The highest BCUT2D eigenvalue weighted by Crippen LogP contribution is 2.58. The number of rotatable bonds is 22. The van der Waals surface area contributed by atoms with Gasteiger partial charge in [-0.15, -0.1) is 0 Å². The number of halogens is 6. The smallest absolute Gasteiger partial charge is 0.335 e. The van der Waals surface area contributed by atoms with Gasteiger partial charge in [-0.3, -0.25) is 0 Å². The zero-order chi connectivity index (χ0) is 64.6. The van der Waals surface area contributed by atoms with Gasteiger partial charge in [0.25, 0.3) is 0 Å². The summed E-state index contributed by atoms with van der Waals surface area (Å²) in [5.74, 6) is 2.72. The molecule has 0 amide bonds. The van der Waals surface area contributed by atoms with Gasteiger partial charge in [-0.05, 0) is 151 Å². The van der Waals surface area contributed by atoms with Crippen LogP contribution in [0.15, 0.2) is 130 Å². The second-order valence-corrected chi connectivity index (χ2v) is 25.4. The van der Waals surface area contributed by atoms with E-state index in [2.05, 4.69) is 16.0 Å². The quantitative estimate of drug-likeness (QED) is 0.0304. The molecular weight excluding hydrogens is 1310 g/mol. The molecule has 24 heteroatoms. The van der Waals surface area contributed by atoms with E-state index in [1.54, 1.807) is 60.7 Å². The fourth-order valence-electron chi connectivity index (χ4n) is 10.1. The van der Waals surface area contributed by atoms with Gasteiger partial charge in [0.15, 0.2) is 5.54 Å². The van der Waals surface area contributed by atoms with Gasteiger partial charge in [0.05, 0.1) is 68.1 Å². The monoisotopic (exact) mass is 1380 g/mol. The van der Waals surface area contributed by atoms with Gasteiger partial charge in [-0.1, -0.05) is 155 Å². The Labute approximate surface area is 563 Å². The largest absolute Gasteiger partial charge is 0.545 e. The van der Waals surface area contributed by atoms with E-state index in [0.717, 1.165) is 83.4 Å². The Hall–Kier alpha value is -6.30. The van der Waals surface area contributed by atoms with E-state index in [-0.39, 0.29) is 64.9 Å². The Kier molecular flexibility index (Phi) is 25.6. The van der Waals surface area contributed by atoms with Crippen LogP contribution in [0.1, 0.15) is 155 Å².